The highest BCUT2D eigenvalue weighted by Gasteiger charge is 2.35. The van der Waals surface area contributed by atoms with Crippen molar-refractivity contribution in [2.75, 3.05) is 37.9 Å². The molecular formula is C26H28FN7O3. The molecule has 1 fully saturated rings. The molecule has 0 unspecified atom stereocenters. The summed E-state index contributed by atoms with van der Waals surface area (Å²) in [7, 11) is 0. The maximum absolute atomic E-state index is 13.5. The molecule has 4 aromatic rings. The minimum absolute atomic E-state index is 0.157. The highest BCUT2D eigenvalue weighted by molar-refractivity contribution is 5.83. The van der Waals surface area contributed by atoms with Crippen molar-refractivity contribution < 1.29 is 13.9 Å². The van der Waals surface area contributed by atoms with E-state index in [9.17, 15) is 9.18 Å². The maximum atomic E-state index is 13.5. The lowest BCUT2D eigenvalue weighted by Gasteiger charge is -2.40. The number of benzene rings is 2. The van der Waals surface area contributed by atoms with Crippen molar-refractivity contribution >= 4 is 16.6 Å². The summed E-state index contributed by atoms with van der Waals surface area (Å²) in [6.07, 6.45) is 0. The number of ether oxygens (including phenoxy) is 2. The van der Waals surface area contributed by atoms with Crippen molar-refractivity contribution in [3.05, 3.63) is 70.0 Å². The van der Waals surface area contributed by atoms with Crippen LogP contribution >= 0.6 is 0 Å². The number of pyridine rings is 1. The van der Waals surface area contributed by atoms with E-state index < -0.39 is 6.04 Å². The number of fused-ring (bicyclic) bond motifs is 2. The molecule has 1 atom stereocenters. The SMILES string of the molecule is CC(C)(C)n1nnnc1[C@@H](c1cc2cc3c(cc2[nH]c1=O)OCO3)N1CCN(c2ccc(F)cc2)CC1. The third kappa shape index (κ3) is 4.29. The zero-order chi connectivity index (χ0) is 25.7. The predicted molar refractivity (Wildman–Crippen MR) is 136 cm³/mol. The Labute approximate surface area is 212 Å². The first-order valence-corrected chi connectivity index (χ1v) is 12.3. The summed E-state index contributed by atoms with van der Waals surface area (Å²) in [4.78, 5) is 21.0. The van der Waals surface area contributed by atoms with Crippen molar-refractivity contribution in [3.63, 3.8) is 0 Å². The van der Waals surface area contributed by atoms with Gasteiger partial charge in [-0.1, -0.05) is 0 Å². The molecule has 2 aromatic carbocycles. The monoisotopic (exact) mass is 505 g/mol. The average molecular weight is 506 g/mol. The van der Waals surface area contributed by atoms with Gasteiger partial charge in [0.2, 0.25) is 6.79 Å². The smallest absolute Gasteiger partial charge is 0.253 e. The highest BCUT2D eigenvalue weighted by atomic mass is 19.1. The molecule has 0 aliphatic carbocycles. The van der Waals surface area contributed by atoms with Gasteiger partial charge in [-0.2, -0.15) is 0 Å². The molecule has 37 heavy (non-hydrogen) atoms. The largest absolute Gasteiger partial charge is 0.454 e. The van der Waals surface area contributed by atoms with Crippen LogP contribution in [-0.4, -0.2) is 63.1 Å². The van der Waals surface area contributed by atoms with Gasteiger partial charge in [0.15, 0.2) is 17.3 Å². The van der Waals surface area contributed by atoms with E-state index in [0.717, 1.165) is 11.1 Å². The van der Waals surface area contributed by atoms with E-state index in [0.29, 0.717) is 54.6 Å². The molecule has 2 aromatic heterocycles. The zero-order valence-electron chi connectivity index (χ0n) is 20.9. The third-order valence-corrected chi connectivity index (χ3v) is 6.91. The number of H-pyrrole nitrogens is 1. The second kappa shape index (κ2) is 8.84. The van der Waals surface area contributed by atoms with E-state index in [1.54, 1.807) is 22.9 Å². The molecule has 10 nitrogen and oxygen atoms in total. The molecule has 4 heterocycles. The lowest BCUT2D eigenvalue weighted by atomic mass is 10.0. The van der Waals surface area contributed by atoms with Gasteiger partial charge in [-0.3, -0.25) is 9.69 Å². The molecule has 11 heteroatoms. The second-order valence-corrected chi connectivity index (χ2v) is 10.4. The van der Waals surface area contributed by atoms with Crippen LogP contribution in [0.25, 0.3) is 10.9 Å². The summed E-state index contributed by atoms with van der Waals surface area (Å²) in [5.41, 5.74) is 1.61. The molecule has 0 radical (unpaired) electrons. The Morgan fingerprint density at radius 1 is 1.00 bits per heavy atom. The van der Waals surface area contributed by atoms with Crippen LogP contribution in [0.2, 0.25) is 0 Å². The predicted octanol–water partition coefficient (Wildman–Crippen LogP) is 3.05. The van der Waals surface area contributed by atoms with E-state index in [2.05, 4.69) is 30.3 Å². The fraction of sp³-hybridized carbons (Fsp3) is 0.385. The lowest BCUT2D eigenvalue weighted by molar-refractivity contribution is 0.174. The van der Waals surface area contributed by atoms with Gasteiger partial charge in [-0.25, -0.2) is 9.07 Å². The van der Waals surface area contributed by atoms with Crippen LogP contribution in [0, 0.1) is 5.82 Å². The Kier molecular flexibility index (Phi) is 5.59. The van der Waals surface area contributed by atoms with Crippen molar-refractivity contribution in [2.45, 2.75) is 32.4 Å². The third-order valence-electron chi connectivity index (χ3n) is 6.91. The minimum Gasteiger partial charge on any atom is -0.454 e. The number of aromatic amines is 1. The highest BCUT2D eigenvalue weighted by Crippen LogP contribution is 2.37. The Balaban J connectivity index is 1.40. The fourth-order valence-corrected chi connectivity index (χ4v) is 5.05. The van der Waals surface area contributed by atoms with Crippen LogP contribution in [0.4, 0.5) is 10.1 Å². The maximum Gasteiger partial charge on any atom is 0.253 e. The van der Waals surface area contributed by atoms with Gasteiger partial charge in [0.05, 0.1) is 11.1 Å². The Hall–Kier alpha value is -3.99. The quantitative estimate of drug-likeness (QED) is 0.452. The Morgan fingerprint density at radius 3 is 2.41 bits per heavy atom. The second-order valence-electron chi connectivity index (χ2n) is 10.4. The number of aromatic nitrogens is 5. The summed E-state index contributed by atoms with van der Waals surface area (Å²) < 4.78 is 26.2. The van der Waals surface area contributed by atoms with E-state index in [-0.39, 0.29) is 23.7 Å². The summed E-state index contributed by atoms with van der Waals surface area (Å²) >= 11 is 0. The molecular weight excluding hydrogens is 477 g/mol. The summed E-state index contributed by atoms with van der Waals surface area (Å²) in [5, 5.41) is 13.5. The van der Waals surface area contributed by atoms with Gasteiger partial charge in [-0.05, 0) is 67.6 Å². The standard InChI is InChI=1S/C26H28FN7O3/c1-26(2,3)34-24(29-30-31-34)23(33-10-8-32(9-11-33)18-6-4-17(27)5-7-18)19-12-16-13-21-22(37-15-36-21)14-20(16)28-25(19)35/h4-7,12-14,23H,8-11,15H2,1-3H3,(H,28,35)/t23-/m1/s1. The van der Waals surface area contributed by atoms with Gasteiger partial charge < -0.3 is 19.4 Å². The molecule has 0 spiro atoms. The van der Waals surface area contributed by atoms with Crippen LogP contribution in [0.5, 0.6) is 11.5 Å². The van der Waals surface area contributed by atoms with Crippen molar-refractivity contribution in [1.82, 2.24) is 30.1 Å². The van der Waals surface area contributed by atoms with Gasteiger partial charge >= 0.3 is 0 Å². The van der Waals surface area contributed by atoms with Crippen LogP contribution in [0.15, 0.2) is 47.3 Å². The van der Waals surface area contributed by atoms with Crippen LogP contribution in [0.3, 0.4) is 0 Å². The van der Waals surface area contributed by atoms with Gasteiger partial charge in [-0.15, -0.1) is 5.10 Å². The summed E-state index contributed by atoms with van der Waals surface area (Å²) in [6, 6.07) is 11.6. The summed E-state index contributed by atoms with van der Waals surface area (Å²) in [5.74, 6) is 1.61. The number of nitrogens with zero attached hydrogens (tertiary/aromatic N) is 6. The summed E-state index contributed by atoms with van der Waals surface area (Å²) in [6.45, 7) is 9.00. The van der Waals surface area contributed by atoms with E-state index in [1.807, 2.05) is 32.9 Å². The van der Waals surface area contributed by atoms with Crippen molar-refractivity contribution in [1.29, 1.82) is 0 Å². The first kappa shape index (κ1) is 23.4. The molecule has 0 bridgehead atoms. The first-order valence-electron chi connectivity index (χ1n) is 12.3. The molecule has 0 amide bonds. The minimum atomic E-state index is -0.469. The van der Waals surface area contributed by atoms with Crippen molar-refractivity contribution in [3.8, 4) is 11.5 Å². The number of hydrogen-bond donors (Lipinski definition) is 1. The zero-order valence-corrected chi connectivity index (χ0v) is 20.9. The Morgan fingerprint density at radius 2 is 1.70 bits per heavy atom. The number of anilines is 1. The number of hydrogen-bond acceptors (Lipinski definition) is 8. The van der Waals surface area contributed by atoms with E-state index in [1.165, 1.54) is 12.1 Å². The number of piperazine rings is 1. The van der Waals surface area contributed by atoms with E-state index >= 15 is 0 Å². The van der Waals surface area contributed by atoms with E-state index in [4.69, 9.17) is 9.47 Å². The average Bonchev–Trinajstić information content (AvgIpc) is 3.54. The molecule has 1 N–H and O–H groups in total. The van der Waals surface area contributed by atoms with Gasteiger partial charge in [0.25, 0.3) is 5.56 Å². The molecule has 0 saturated carbocycles. The fourth-order valence-electron chi connectivity index (χ4n) is 5.05. The number of halogens is 1. The normalized spacial score (nSPS) is 16.9. The molecule has 6 rings (SSSR count). The number of tetrazole rings is 1. The molecule has 2 aliphatic rings. The van der Waals surface area contributed by atoms with Crippen LogP contribution < -0.4 is 19.9 Å². The van der Waals surface area contributed by atoms with Crippen LogP contribution in [-0.2, 0) is 5.54 Å². The number of rotatable bonds is 4. The van der Waals surface area contributed by atoms with Crippen LogP contribution in [0.1, 0.15) is 38.2 Å². The first-order chi connectivity index (χ1) is 17.8. The lowest BCUT2D eigenvalue weighted by Crippen LogP contribution is -2.49. The topological polar surface area (TPSA) is 101 Å². The number of nitrogens with one attached hydrogen (secondary N) is 1. The van der Waals surface area contributed by atoms with Crippen molar-refractivity contribution in [2.24, 2.45) is 0 Å². The molecule has 192 valence electrons. The molecule has 1 saturated heterocycles. The van der Waals surface area contributed by atoms with Gasteiger partial charge in [0, 0.05) is 48.9 Å². The Bertz CT molecular complexity index is 1500. The van der Waals surface area contributed by atoms with Gasteiger partial charge in [0.1, 0.15) is 11.9 Å². The molecule has 2 aliphatic heterocycles.